The Morgan fingerprint density at radius 3 is 2.72 bits per heavy atom. The molecular weight excluding hydrogens is 406 g/mol. The summed E-state index contributed by atoms with van der Waals surface area (Å²) in [5.41, 5.74) is 1.59. The van der Waals surface area contributed by atoms with Crippen LogP contribution in [0.5, 0.6) is 5.75 Å². The summed E-state index contributed by atoms with van der Waals surface area (Å²) >= 11 is 0. The minimum absolute atomic E-state index is 0.0223. The summed E-state index contributed by atoms with van der Waals surface area (Å²) in [4.78, 5) is 24.1. The monoisotopic (exact) mass is 445 g/mol. The van der Waals surface area contributed by atoms with E-state index in [0.717, 1.165) is 44.3 Å². The lowest BCUT2D eigenvalue weighted by molar-refractivity contribution is -0.123. The number of fused-ring (bicyclic) bond motifs is 1. The van der Waals surface area contributed by atoms with Crippen molar-refractivity contribution in [3.8, 4) is 5.75 Å². The van der Waals surface area contributed by atoms with Crippen molar-refractivity contribution < 1.29 is 19.4 Å². The molecule has 0 spiro atoms. The standard InChI is InChI=1S/C25H39N3O4/c1-25(2,31)14-13-21(29)27-15-5-8-18-6-4-7-19-11-12-20(32-23(18)19)16-28-22(17-9-10-17)24(30)26-3/h4,6-7,17,20,22,28,31H,5,8-16H2,1-3H3,(H,26,30)(H,27,29). The normalized spacial score (nSPS) is 18.9. The fourth-order valence-corrected chi connectivity index (χ4v) is 4.20. The Bertz CT molecular complexity index is 786. The molecule has 3 rings (SSSR count). The number of benzene rings is 1. The van der Waals surface area contributed by atoms with Crippen molar-refractivity contribution in [2.24, 2.45) is 5.92 Å². The van der Waals surface area contributed by atoms with Gasteiger partial charge in [0.05, 0.1) is 11.6 Å². The van der Waals surface area contributed by atoms with E-state index in [-0.39, 0.29) is 24.0 Å². The third-order valence-electron chi connectivity index (χ3n) is 6.29. The number of amides is 2. The third kappa shape index (κ3) is 7.48. The molecular formula is C25H39N3O4. The number of aryl methyl sites for hydroxylation is 2. The van der Waals surface area contributed by atoms with Crippen LogP contribution in [0.1, 0.15) is 63.5 Å². The van der Waals surface area contributed by atoms with E-state index in [1.54, 1.807) is 20.9 Å². The van der Waals surface area contributed by atoms with Gasteiger partial charge in [-0.3, -0.25) is 9.59 Å². The van der Waals surface area contributed by atoms with Gasteiger partial charge in [0.1, 0.15) is 11.9 Å². The van der Waals surface area contributed by atoms with Crippen LogP contribution in [0.4, 0.5) is 0 Å². The predicted octanol–water partition coefficient (Wildman–Crippen LogP) is 2.09. The summed E-state index contributed by atoms with van der Waals surface area (Å²) in [6, 6.07) is 6.17. The largest absolute Gasteiger partial charge is 0.489 e. The van der Waals surface area contributed by atoms with Gasteiger partial charge in [0, 0.05) is 26.6 Å². The first-order valence-corrected chi connectivity index (χ1v) is 12.0. The number of ether oxygens (including phenoxy) is 1. The topological polar surface area (TPSA) is 99.7 Å². The molecule has 1 aromatic rings. The highest BCUT2D eigenvalue weighted by molar-refractivity contribution is 5.82. The van der Waals surface area contributed by atoms with Crippen LogP contribution in [0.15, 0.2) is 18.2 Å². The number of carbonyl (C=O) groups excluding carboxylic acids is 2. The average molecular weight is 446 g/mol. The molecule has 7 heteroatoms. The van der Waals surface area contributed by atoms with Crippen LogP contribution in [0.25, 0.3) is 0 Å². The molecule has 1 aromatic carbocycles. The van der Waals surface area contributed by atoms with Gasteiger partial charge < -0.3 is 25.8 Å². The lowest BCUT2D eigenvalue weighted by Gasteiger charge is -2.29. The molecule has 2 amide bonds. The van der Waals surface area contributed by atoms with Crippen molar-refractivity contribution in [1.82, 2.24) is 16.0 Å². The van der Waals surface area contributed by atoms with E-state index >= 15 is 0 Å². The number of rotatable bonds is 12. The second-order valence-corrected chi connectivity index (χ2v) is 9.79. The number of nitrogens with one attached hydrogen (secondary N) is 3. The molecule has 2 atom stereocenters. The number of likely N-dealkylation sites (N-methyl/N-ethyl adjacent to an activating group) is 1. The number of carbonyl (C=O) groups is 2. The molecule has 1 saturated carbocycles. The fraction of sp³-hybridized carbons (Fsp3) is 0.680. The van der Waals surface area contributed by atoms with E-state index in [9.17, 15) is 14.7 Å². The number of hydrogen-bond donors (Lipinski definition) is 4. The summed E-state index contributed by atoms with van der Waals surface area (Å²) in [6.45, 7) is 4.70. The Morgan fingerprint density at radius 2 is 2.03 bits per heavy atom. The lowest BCUT2D eigenvalue weighted by atomic mass is 9.97. The zero-order valence-corrected chi connectivity index (χ0v) is 19.7. The molecule has 0 aromatic heterocycles. The van der Waals surface area contributed by atoms with Crippen LogP contribution in [-0.2, 0) is 22.4 Å². The Kier molecular flexibility index (Phi) is 8.54. The number of aliphatic hydroxyl groups is 1. The van der Waals surface area contributed by atoms with Crippen LogP contribution in [0.2, 0.25) is 0 Å². The molecule has 178 valence electrons. The maximum atomic E-state index is 12.1. The van der Waals surface area contributed by atoms with Gasteiger partial charge >= 0.3 is 0 Å². The molecule has 1 aliphatic carbocycles. The first-order chi connectivity index (χ1) is 15.3. The Balaban J connectivity index is 1.47. The molecule has 0 radical (unpaired) electrons. The first kappa shape index (κ1) is 24.5. The quantitative estimate of drug-likeness (QED) is 0.369. The smallest absolute Gasteiger partial charge is 0.237 e. The summed E-state index contributed by atoms with van der Waals surface area (Å²) in [6.07, 6.45) is 6.63. The zero-order valence-electron chi connectivity index (χ0n) is 19.7. The minimum atomic E-state index is -0.817. The molecule has 0 saturated heterocycles. The third-order valence-corrected chi connectivity index (χ3v) is 6.29. The molecule has 2 unspecified atom stereocenters. The van der Waals surface area contributed by atoms with Gasteiger partial charge in [-0.15, -0.1) is 0 Å². The molecule has 2 aliphatic rings. The maximum Gasteiger partial charge on any atom is 0.237 e. The van der Waals surface area contributed by atoms with E-state index in [1.165, 1.54) is 11.1 Å². The van der Waals surface area contributed by atoms with Gasteiger partial charge in [-0.25, -0.2) is 0 Å². The van der Waals surface area contributed by atoms with E-state index < -0.39 is 5.60 Å². The molecule has 4 N–H and O–H groups in total. The number of hydrogen-bond acceptors (Lipinski definition) is 5. The van der Waals surface area contributed by atoms with Crippen molar-refractivity contribution in [2.45, 2.75) is 83.0 Å². The van der Waals surface area contributed by atoms with Crippen molar-refractivity contribution >= 4 is 11.8 Å². The molecule has 1 fully saturated rings. The van der Waals surface area contributed by atoms with Gasteiger partial charge in [0.15, 0.2) is 0 Å². The summed E-state index contributed by atoms with van der Waals surface area (Å²) in [5.74, 6) is 1.46. The van der Waals surface area contributed by atoms with E-state index in [2.05, 4.69) is 34.1 Å². The fourth-order valence-electron chi connectivity index (χ4n) is 4.20. The van der Waals surface area contributed by atoms with E-state index in [1.807, 2.05) is 0 Å². The van der Waals surface area contributed by atoms with Crippen molar-refractivity contribution in [1.29, 1.82) is 0 Å². The van der Waals surface area contributed by atoms with Crippen molar-refractivity contribution in [2.75, 3.05) is 20.1 Å². The van der Waals surface area contributed by atoms with E-state index in [4.69, 9.17) is 4.74 Å². The molecule has 1 aliphatic heterocycles. The maximum absolute atomic E-state index is 12.1. The summed E-state index contributed by atoms with van der Waals surface area (Å²) < 4.78 is 6.37. The molecule has 1 heterocycles. The highest BCUT2D eigenvalue weighted by atomic mass is 16.5. The van der Waals surface area contributed by atoms with E-state index in [0.29, 0.717) is 31.8 Å². The van der Waals surface area contributed by atoms with Gasteiger partial charge in [0.25, 0.3) is 0 Å². The highest BCUT2D eigenvalue weighted by Gasteiger charge is 2.36. The average Bonchev–Trinajstić information content (AvgIpc) is 3.60. The summed E-state index contributed by atoms with van der Waals surface area (Å²) in [5, 5.41) is 18.9. The minimum Gasteiger partial charge on any atom is -0.489 e. The second-order valence-electron chi connectivity index (χ2n) is 9.79. The van der Waals surface area contributed by atoms with Crippen LogP contribution in [0.3, 0.4) is 0 Å². The van der Waals surface area contributed by atoms with Crippen LogP contribution >= 0.6 is 0 Å². The van der Waals surface area contributed by atoms with Crippen molar-refractivity contribution in [3.63, 3.8) is 0 Å². The number of para-hydroxylation sites is 1. The van der Waals surface area contributed by atoms with Gasteiger partial charge in [0.2, 0.25) is 11.8 Å². The van der Waals surface area contributed by atoms with Crippen molar-refractivity contribution in [3.05, 3.63) is 29.3 Å². The predicted molar refractivity (Wildman–Crippen MR) is 125 cm³/mol. The van der Waals surface area contributed by atoms with Gasteiger partial charge in [-0.2, -0.15) is 0 Å². The second kappa shape index (κ2) is 11.1. The van der Waals surface area contributed by atoms with Crippen LogP contribution in [0, 0.1) is 5.92 Å². The molecule has 0 bridgehead atoms. The Morgan fingerprint density at radius 1 is 1.25 bits per heavy atom. The first-order valence-electron chi connectivity index (χ1n) is 12.0. The SMILES string of the molecule is CNC(=O)C(NCC1CCc2cccc(CCCNC(=O)CCC(C)(C)O)c2O1)C1CC1. The summed E-state index contributed by atoms with van der Waals surface area (Å²) in [7, 11) is 1.69. The zero-order chi connectivity index (χ0) is 23.1. The van der Waals surface area contributed by atoms with Crippen LogP contribution < -0.4 is 20.7 Å². The Labute approximate surface area is 191 Å². The molecule has 32 heavy (non-hydrogen) atoms. The highest BCUT2D eigenvalue weighted by Crippen LogP contribution is 2.34. The van der Waals surface area contributed by atoms with Crippen LogP contribution in [-0.4, -0.2) is 54.8 Å². The van der Waals surface area contributed by atoms with Gasteiger partial charge in [-0.1, -0.05) is 18.2 Å². The lowest BCUT2D eigenvalue weighted by Crippen LogP contribution is -2.48. The Hall–Kier alpha value is -2.12. The van der Waals surface area contributed by atoms with Gasteiger partial charge in [-0.05, 0) is 75.8 Å². The molecule has 7 nitrogen and oxygen atoms in total.